The van der Waals surface area contributed by atoms with Crippen LogP contribution in [0, 0.1) is 23.7 Å². The first-order valence-corrected chi connectivity index (χ1v) is 10.6. The Bertz CT molecular complexity index is 1240. The third kappa shape index (κ3) is 3.81. The number of ether oxygens (including phenoxy) is 2. The van der Waals surface area contributed by atoms with Gasteiger partial charge in [0, 0.05) is 23.0 Å². The van der Waals surface area contributed by atoms with E-state index in [1.54, 1.807) is 26.0 Å². The zero-order valence-electron chi connectivity index (χ0n) is 18.8. The van der Waals surface area contributed by atoms with Gasteiger partial charge in [0.15, 0.2) is 0 Å². The summed E-state index contributed by atoms with van der Waals surface area (Å²) in [6.45, 7) is 2.90. The summed E-state index contributed by atoms with van der Waals surface area (Å²) < 4.78 is 51.7. The zero-order chi connectivity index (χ0) is 24.8. The van der Waals surface area contributed by atoms with E-state index in [0.29, 0.717) is 39.4 Å². The number of anilines is 1. The average molecular weight is 472 g/mol. The number of allylic oxidation sites excluding steroid dienone is 1. The van der Waals surface area contributed by atoms with Crippen molar-refractivity contribution >= 4 is 11.6 Å². The minimum Gasteiger partial charge on any atom is -0.496 e. The molecule has 1 aromatic carbocycles. The SMILES string of the molecule is COc1cc(C#N)ccc1C1C(C(N)=O)=C(C)Nc2c(C)cnc(OCC3(C(F)(F)F)CC3)c21. The summed E-state index contributed by atoms with van der Waals surface area (Å²) in [6.07, 6.45) is -2.91. The number of nitrogens with zero attached hydrogens (tertiary/aromatic N) is 2. The number of pyridine rings is 1. The summed E-state index contributed by atoms with van der Waals surface area (Å²) in [4.78, 5) is 16.8. The van der Waals surface area contributed by atoms with Gasteiger partial charge in [0.05, 0.1) is 35.9 Å². The number of nitriles is 1. The molecule has 1 aliphatic carbocycles. The Morgan fingerprint density at radius 2 is 2.06 bits per heavy atom. The summed E-state index contributed by atoms with van der Waals surface area (Å²) in [7, 11) is 1.43. The standard InChI is InChI=1S/C24H23F3N4O3/c1-12-10-30-22(34-11-23(6-7-23)24(25,26)27)19-18(17(21(29)32)13(2)31-20(12)19)15-5-4-14(9-28)8-16(15)33-3/h4-5,8,10,18,31H,6-7,11H2,1-3H3,(H2,29,32). The zero-order valence-corrected chi connectivity index (χ0v) is 18.8. The van der Waals surface area contributed by atoms with Gasteiger partial charge in [-0.3, -0.25) is 4.79 Å². The Kier molecular flexibility index (Phi) is 5.67. The molecule has 4 rings (SSSR count). The van der Waals surface area contributed by atoms with Gasteiger partial charge >= 0.3 is 6.18 Å². The molecule has 0 radical (unpaired) electrons. The first-order chi connectivity index (χ1) is 16.0. The van der Waals surface area contributed by atoms with E-state index in [2.05, 4.69) is 10.3 Å². The molecule has 178 valence electrons. The Morgan fingerprint density at radius 1 is 1.35 bits per heavy atom. The lowest BCUT2D eigenvalue weighted by atomic mass is 9.79. The summed E-state index contributed by atoms with van der Waals surface area (Å²) in [5.74, 6) is -1.25. The number of fused-ring (bicyclic) bond motifs is 1. The van der Waals surface area contributed by atoms with Gasteiger partial charge in [0.2, 0.25) is 11.8 Å². The number of hydrogen-bond donors (Lipinski definition) is 2. The van der Waals surface area contributed by atoms with Crippen molar-refractivity contribution in [2.75, 3.05) is 19.0 Å². The predicted octanol–water partition coefficient (Wildman–Crippen LogP) is 4.31. The molecule has 1 unspecified atom stereocenters. The van der Waals surface area contributed by atoms with Gasteiger partial charge in [-0.05, 0) is 44.4 Å². The van der Waals surface area contributed by atoms with Crippen LogP contribution in [0.4, 0.5) is 18.9 Å². The molecule has 1 aromatic heterocycles. The first kappa shape index (κ1) is 23.4. The van der Waals surface area contributed by atoms with Gasteiger partial charge in [-0.25, -0.2) is 4.98 Å². The Hall–Kier alpha value is -3.74. The highest BCUT2D eigenvalue weighted by Crippen LogP contribution is 2.58. The van der Waals surface area contributed by atoms with E-state index in [0.717, 1.165) is 0 Å². The van der Waals surface area contributed by atoms with Crippen molar-refractivity contribution in [3.05, 3.63) is 57.9 Å². The summed E-state index contributed by atoms with van der Waals surface area (Å²) in [6, 6.07) is 6.76. The molecule has 2 heterocycles. The lowest BCUT2D eigenvalue weighted by molar-refractivity contribution is -0.194. The van der Waals surface area contributed by atoms with Crippen molar-refractivity contribution in [1.82, 2.24) is 4.98 Å². The molecule has 1 atom stereocenters. The number of alkyl halides is 3. The van der Waals surface area contributed by atoms with Crippen molar-refractivity contribution in [3.63, 3.8) is 0 Å². The molecular weight excluding hydrogens is 449 g/mol. The number of halogens is 3. The quantitative estimate of drug-likeness (QED) is 0.648. The Balaban J connectivity index is 1.90. The van der Waals surface area contributed by atoms with E-state index in [4.69, 9.17) is 15.2 Å². The number of benzene rings is 1. The highest BCUT2D eigenvalue weighted by atomic mass is 19.4. The number of methoxy groups -OCH3 is 1. The minimum atomic E-state index is -4.39. The van der Waals surface area contributed by atoms with Crippen LogP contribution in [0.25, 0.3) is 0 Å². The summed E-state index contributed by atoms with van der Waals surface area (Å²) in [5.41, 5.74) is 7.06. The molecule has 7 nitrogen and oxygen atoms in total. The van der Waals surface area contributed by atoms with E-state index in [1.165, 1.54) is 19.4 Å². The lowest BCUT2D eigenvalue weighted by Crippen LogP contribution is -2.32. The number of primary amides is 1. The van der Waals surface area contributed by atoms with Crippen LogP contribution < -0.4 is 20.5 Å². The average Bonchev–Trinajstić information content (AvgIpc) is 3.59. The number of carbonyl (C=O) groups is 1. The van der Waals surface area contributed by atoms with E-state index in [9.17, 15) is 23.2 Å². The van der Waals surface area contributed by atoms with Crippen LogP contribution in [-0.4, -0.2) is 30.8 Å². The highest BCUT2D eigenvalue weighted by Gasteiger charge is 2.64. The van der Waals surface area contributed by atoms with Crippen molar-refractivity contribution in [2.24, 2.45) is 11.1 Å². The topological polar surface area (TPSA) is 110 Å². The number of nitrogens with two attached hydrogens (primary N) is 1. The molecule has 1 fully saturated rings. The second-order valence-corrected chi connectivity index (χ2v) is 8.63. The van der Waals surface area contributed by atoms with E-state index >= 15 is 0 Å². The Labute approximate surface area is 194 Å². The van der Waals surface area contributed by atoms with Crippen LogP contribution in [0.15, 0.2) is 35.7 Å². The van der Waals surface area contributed by atoms with Gasteiger partial charge in [0.1, 0.15) is 17.8 Å². The molecule has 2 aliphatic rings. The molecule has 0 bridgehead atoms. The molecule has 0 spiro atoms. The third-order valence-corrected chi connectivity index (χ3v) is 6.44. The maximum atomic E-state index is 13.5. The first-order valence-electron chi connectivity index (χ1n) is 10.6. The molecule has 1 amide bonds. The maximum Gasteiger partial charge on any atom is 0.397 e. The molecule has 1 saturated carbocycles. The third-order valence-electron chi connectivity index (χ3n) is 6.44. The second kappa shape index (κ2) is 8.24. The van der Waals surface area contributed by atoms with Crippen LogP contribution in [0.1, 0.15) is 47.9 Å². The smallest absolute Gasteiger partial charge is 0.397 e. The van der Waals surface area contributed by atoms with Crippen molar-refractivity contribution < 1.29 is 27.4 Å². The van der Waals surface area contributed by atoms with E-state index < -0.39 is 30.0 Å². The van der Waals surface area contributed by atoms with Crippen molar-refractivity contribution in [3.8, 4) is 17.7 Å². The molecule has 0 saturated heterocycles. The van der Waals surface area contributed by atoms with Gasteiger partial charge < -0.3 is 20.5 Å². The number of rotatable bonds is 6. The fourth-order valence-electron chi connectivity index (χ4n) is 4.30. The van der Waals surface area contributed by atoms with Crippen LogP contribution >= 0.6 is 0 Å². The van der Waals surface area contributed by atoms with Gasteiger partial charge in [-0.1, -0.05) is 6.07 Å². The molecule has 3 N–H and O–H groups in total. The Morgan fingerprint density at radius 3 is 2.62 bits per heavy atom. The van der Waals surface area contributed by atoms with E-state index in [1.807, 2.05) is 6.07 Å². The van der Waals surface area contributed by atoms with Crippen LogP contribution in [0.3, 0.4) is 0 Å². The molecule has 2 aromatic rings. The van der Waals surface area contributed by atoms with Gasteiger partial charge in [-0.15, -0.1) is 0 Å². The van der Waals surface area contributed by atoms with E-state index in [-0.39, 0.29) is 24.3 Å². The lowest BCUT2D eigenvalue weighted by Gasteiger charge is -2.33. The second-order valence-electron chi connectivity index (χ2n) is 8.63. The van der Waals surface area contributed by atoms with Crippen molar-refractivity contribution in [1.29, 1.82) is 5.26 Å². The fraction of sp³-hybridized carbons (Fsp3) is 0.375. The fourth-order valence-corrected chi connectivity index (χ4v) is 4.30. The minimum absolute atomic E-state index is 0.0127. The molecule has 34 heavy (non-hydrogen) atoms. The van der Waals surface area contributed by atoms with Crippen LogP contribution in [-0.2, 0) is 4.79 Å². The molecule has 10 heteroatoms. The maximum absolute atomic E-state index is 13.5. The van der Waals surface area contributed by atoms with Gasteiger partial charge in [0.25, 0.3) is 0 Å². The van der Waals surface area contributed by atoms with Crippen molar-refractivity contribution in [2.45, 2.75) is 38.8 Å². The van der Waals surface area contributed by atoms with Crippen LogP contribution in [0.2, 0.25) is 0 Å². The largest absolute Gasteiger partial charge is 0.496 e. The number of aromatic nitrogens is 1. The summed E-state index contributed by atoms with van der Waals surface area (Å²) in [5, 5.41) is 12.4. The highest BCUT2D eigenvalue weighted by molar-refractivity contribution is 5.98. The number of nitrogens with one attached hydrogen (secondary N) is 1. The number of aryl methyl sites for hydroxylation is 1. The summed E-state index contributed by atoms with van der Waals surface area (Å²) >= 11 is 0. The van der Waals surface area contributed by atoms with Crippen LogP contribution in [0.5, 0.6) is 11.6 Å². The number of amides is 1. The predicted molar refractivity (Wildman–Crippen MR) is 117 cm³/mol. The number of carbonyl (C=O) groups excluding carboxylic acids is 1. The molecule has 1 aliphatic heterocycles. The van der Waals surface area contributed by atoms with Gasteiger partial charge in [-0.2, -0.15) is 18.4 Å². The number of hydrogen-bond acceptors (Lipinski definition) is 6. The monoisotopic (exact) mass is 472 g/mol. The molecular formula is C24H23F3N4O3. The normalized spacial score (nSPS) is 18.4.